The van der Waals surface area contributed by atoms with Crippen molar-refractivity contribution in [3.05, 3.63) is 35.1 Å². The Morgan fingerprint density at radius 3 is 2.60 bits per heavy atom. The van der Waals surface area contributed by atoms with Gasteiger partial charge in [0.25, 0.3) is 0 Å². The van der Waals surface area contributed by atoms with E-state index in [0.717, 1.165) is 12.0 Å². The van der Waals surface area contributed by atoms with E-state index < -0.39 is 18.0 Å². The van der Waals surface area contributed by atoms with Gasteiger partial charge in [-0.3, -0.25) is 0 Å². The molecule has 0 fully saturated rings. The number of rotatable bonds is 4. The van der Waals surface area contributed by atoms with Crippen LogP contribution in [0.4, 0.5) is 4.39 Å². The highest BCUT2D eigenvalue weighted by molar-refractivity contribution is 5.26. The van der Waals surface area contributed by atoms with Gasteiger partial charge in [-0.25, -0.2) is 4.39 Å². The Morgan fingerprint density at radius 2 is 2.00 bits per heavy atom. The lowest BCUT2D eigenvalue weighted by molar-refractivity contribution is 0.0110. The van der Waals surface area contributed by atoms with Gasteiger partial charge < -0.3 is 10.2 Å². The number of benzene rings is 1. The van der Waals surface area contributed by atoms with Gasteiger partial charge in [-0.2, -0.15) is 0 Å². The minimum atomic E-state index is -1.13. The molecule has 2 N–H and O–H groups in total. The van der Waals surface area contributed by atoms with Gasteiger partial charge in [0.15, 0.2) is 0 Å². The fourth-order valence-electron chi connectivity index (χ4n) is 1.55. The first-order chi connectivity index (χ1) is 7.06. The average molecular weight is 212 g/mol. The second-order valence-corrected chi connectivity index (χ2v) is 3.83. The number of hydrogen-bond acceptors (Lipinski definition) is 2. The van der Waals surface area contributed by atoms with Crippen molar-refractivity contribution in [3.63, 3.8) is 0 Å². The summed E-state index contributed by atoms with van der Waals surface area (Å²) < 4.78 is 13.3. The minimum Gasteiger partial charge on any atom is -0.390 e. The molecule has 0 radical (unpaired) electrons. The van der Waals surface area contributed by atoms with Crippen molar-refractivity contribution in [3.8, 4) is 0 Å². The number of aliphatic hydroxyl groups is 2. The second kappa shape index (κ2) is 5.24. The lowest BCUT2D eigenvalue weighted by atomic mass is 9.99. The van der Waals surface area contributed by atoms with E-state index in [0.29, 0.717) is 6.42 Å². The van der Waals surface area contributed by atoms with E-state index in [4.69, 9.17) is 0 Å². The standard InChI is InChI=1S/C12H17FO2/c1-3-4-11(14)12(15)9-7-8(2)5-6-10(9)13/h5-7,11-12,14-15H,3-4H2,1-2H3. The smallest absolute Gasteiger partial charge is 0.129 e. The number of aliphatic hydroxyl groups excluding tert-OH is 2. The predicted octanol–water partition coefficient (Wildman–Crippen LogP) is 2.33. The molecule has 84 valence electrons. The predicted molar refractivity (Wildman–Crippen MR) is 57.0 cm³/mol. The Labute approximate surface area is 89.4 Å². The number of aryl methyl sites for hydroxylation is 1. The zero-order valence-corrected chi connectivity index (χ0v) is 9.07. The average Bonchev–Trinajstić information content (AvgIpc) is 2.21. The van der Waals surface area contributed by atoms with E-state index in [1.807, 2.05) is 13.8 Å². The number of halogens is 1. The van der Waals surface area contributed by atoms with Crippen LogP contribution in [0.2, 0.25) is 0 Å². The molecule has 1 rings (SSSR count). The molecule has 0 aromatic heterocycles. The van der Waals surface area contributed by atoms with Crippen LogP contribution in [0.3, 0.4) is 0 Å². The maximum absolute atomic E-state index is 13.3. The maximum atomic E-state index is 13.3. The van der Waals surface area contributed by atoms with Gasteiger partial charge in [0, 0.05) is 5.56 Å². The molecule has 0 aliphatic carbocycles. The quantitative estimate of drug-likeness (QED) is 0.804. The Morgan fingerprint density at radius 1 is 1.33 bits per heavy atom. The fraction of sp³-hybridized carbons (Fsp3) is 0.500. The monoisotopic (exact) mass is 212 g/mol. The van der Waals surface area contributed by atoms with Crippen LogP contribution in [-0.4, -0.2) is 16.3 Å². The summed E-state index contributed by atoms with van der Waals surface area (Å²) in [6.45, 7) is 3.73. The molecule has 1 aromatic carbocycles. The molecule has 0 saturated carbocycles. The Kier molecular flexibility index (Phi) is 4.24. The zero-order chi connectivity index (χ0) is 11.4. The molecule has 0 spiro atoms. The van der Waals surface area contributed by atoms with Crippen molar-refractivity contribution < 1.29 is 14.6 Å². The van der Waals surface area contributed by atoms with Crippen molar-refractivity contribution in [1.29, 1.82) is 0 Å². The molecule has 0 aliphatic rings. The fourth-order valence-corrected chi connectivity index (χ4v) is 1.55. The van der Waals surface area contributed by atoms with Gasteiger partial charge in [-0.15, -0.1) is 0 Å². The Bertz CT molecular complexity index is 325. The van der Waals surface area contributed by atoms with Crippen LogP contribution in [0.25, 0.3) is 0 Å². The van der Waals surface area contributed by atoms with E-state index in [-0.39, 0.29) is 5.56 Å². The van der Waals surface area contributed by atoms with Crippen LogP contribution in [0.1, 0.15) is 37.0 Å². The molecule has 0 heterocycles. The van der Waals surface area contributed by atoms with E-state index in [9.17, 15) is 14.6 Å². The largest absolute Gasteiger partial charge is 0.390 e. The molecular weight excluding hydrogens is 195 g/mol. The highest BCUT2D eigenvalue weighted by atomic mass is 19.1. The van der Waals surface area contributed by atoms with Gasteiger partial charge in [0.1, 0.15) is 11.9 Å². The van der Waals surface area contributed by atoms with E-state index in [2.05, 4.69) is 0 Å². The lowest BCUT2D eigenvalue weighted by Gasteiger charge is -2.18. The Hall–Kier alpha value is -0.930. The van der Waals surface area contributed by atoms with Gasteiger partial charge in [0.2, 0.25) is 0 Å². The third kappa shape index (κ3) is 3.01. The summed E-state index contributed by atoms with van der Waals surface area (Å²) in [5.74, 6) is -0.469. The van der Waals surface area contributed by atoms with Crippen LogP contribution in [0, 0.1) is 12.7 Å². The highest BCUT2D eigenvalue weighted by Crippen LogP contribution is 2.23. The van der Waals surface area contributed by atoms with Crippen molar-refractivity contribution in [1.82, 2.24) is 0 Å². The van der Waals surface area contributed by atoms with Crippen LogP contribution >= 0.6 is 0 Å². The van der Waals surface area contributed by atoms with Crippen molar-refractivity contribution in [2.45, 2.75) is 38.9 Å². The van der Waals surface area contributed by atoms with Crippen molar-refractivity contribution >= 4 is 0 Å². The van der Waals surface area contributed by atoms with Gasteiger partial charge in [0.05, 0.1) is 6.10 Å². The van der Waals surface area contributed by atoms with Crippen molar-refractivity contribution in [2.75, 3.05) is 0 Å². The molecule has 1 aromatic rings. The van der Waals surface area contributed by atoms with Gasteiger partial charge >= 0.3 is 0 Å². The van der Waals surface area contributed by atoms with E-state index in [1.165, 1.54) is 6.07 Å². The highest BCUT2D eigenvalue weighted by Gasteiger charge is 2.20. The van der Waals surface area contributed by atoms with E-state index in [1.54, 1.807) is 12.1 Å². The van der Waals surface area contributed by atoms with Crippen LogP contribution < -0.4 is 0 Å². The van der Waals surface area contributed by atoms with E-state index >= 15 is 0 Å². The summed E-state index contributed by atoms with van der Waals surface area (Å²) in [5, 5.41) is 19.3. The van der Waals surface area contributed by atoms with Crippen molar-refractivity contribution in [2.24, 2.45) is 0 Å². The third-order valence-electron chi connectivity index (χ3n) is 2.42. The summed E-state index contributed by atoms with van der Waals surface area (Å²) in [7, 11) is 0. The third-order valence-corrected chi connectivity index (χ3v) is 2.42. The first kappa shape index (κ1) is 12.1. The van der Waals surface area contributed by atoms with Gasteiger partial charge in [-0.05, 0) is 19.4 Å². The first-order valence-corrected chi connectivity index (χ1v) is 5.18. The molecular formula is C12H17FO2. The maximum Gasteiger partial charge on any atom is 0.129 e. The normalized spacial score (nSPS) is 15.0. The second-order valence-electron chi connectivity index (χ2n) is 3.83. The Balaban J connectivity index is 2.89. The minimum absolute atomic E-state index is 0.177. The molecule has 15 heavy (non-hydrogen) atoms. The molecule has 0 saturated heterocycles. The first-order valence-electron chi connectivity index (χ1n) is 5.18. The molecule has 2 nitrogen and oxygen atoms in total. The lowest BCUT2D eigenvalue weighted by Crippen LogP contribution is -2.19. The summed E-state index contributed by atoms with van der Waals surface area (Å²) in [5.41, 5.74) is 1.05. The molecule has 0 bridgehead atoms. The molecule has 2 atom stereocenters. The summed E-state index contributed by atoms with van der Waals surface area (Å²) in [6.07, 6.45) is -0.809. The summed E-state index contributed by atoms with van der Waals surface area (Å²) in [6, 6.07) is 4.52. The van der Waals surface area contributed by atoms with Crippen LogP contribution in [-0.2, 0) is 0 Å². The molecule has 0 aliphatic heterocycles. The van der Waals surface area contributed by atoms with Gasteiger partial charge in [-0.1, -0.05) is 31.0 Å². The van der Waals surface area contributed by atoms with Crippen LogP contribution in [0.5, 0.6) is 0 Å². The SMILES string of the molecule is CCCC(O)C(O)c1cc(C)ccc1F. The summed E-state index contributed by atoms with van der Waals surface area (Å²) >= 11 is 0. The molecule has 2 unspecified atom stereocenters. The van der Waals surface area contributed by atoms with Crippen LogP contribution in [0.15, 0.2) is 18.2 Å². The number of hydrogen-bond donors (Lipinski definition) is 2. The molecule has 0 amide bonds. The molecule has 3 heteroatoms. The topological polar surface area (TPSA) is 40.5 Å². The zero-order valence-electron chi connectivity index (χ0n) is 9.07. The summed E-state index contributed by atoms with van der Waals surface area (Å²) in [4.78, 5) is 0.